The second-order valence-corrected chi connectivity index (χ2v) is 3.91. The summed E-state index contributed by atoms with van der Waals surface area (Å²) in [7, 11) is 0. The van der Waals surface area contributed by atoms with Crippen molar-refractivity contribution in [3.8, 4) is 0 Å². The summed E-state index contributed by atoms with van der Waals surface area (Å²) in [6, 6.07) is 0.717. The first kappa shape index (κ1) is 12.0. The summed E-state index contributed by atoms with van der Waals surface area (Å²) in [6.45, 7) is 10.8. The van der Waals surface area contributed by atoms with Crippen molar-refractivity contribution in [1.82, 2.24) is 10.2 Å². The van der Waals surface area contributed by atoms with Crippen molar-refractivity contribution in [3.05, 3.63) is 0 Å². The van der Waals surface area contributed by atoms with E-state index in [4.69, 9.17) is 4.74 Å². The monoisotopic (exact) mass is 200 g/mol. The highest BCUT2D eigenvalue weighted by atomic mass is 16.5. The molecule has 3 nitrogen and oxygen atoms in total. The Balaban J connectivity index is 2.13. The first-order valence-electron chi connectivity index (χ1n) is 5.91. The van der Waals surface area contributed by atoms with Crippen LogP contribution in [0.3, 0.4) is 0 Å². The van der Waals surface area contributed by atoms with Gasteiger partial charge in [-0.1, -0.05) is 13.8 Å². The van der Waals surface area contributed by atoms with Crippen LogP contribution in [-0.2, 0) is 4.74 Å². The Morgan fingerprint density at radius 2 is 2.21 bits per heavy atom. The van der Waals surface area contributed by atoms with Crippen LogP contribution in [0.25, 0.3) is 0 Å². The lowest BCUT2D eigenvalue weighted by atomic mass is 10.1. The fourth-order valence-corrected chi connectivity index (χ4v) is 1.93. The lowest BCUT2D eigenvalue weighted by Gasteiger charge is -2.35. The number of piperazine rings is 1. The molecule has 1 unspecified atom stereocenters. The highest BCUT2D eigenvalue weighted by molar-refractivity contribution is 4.78. The molecule has 0 aromatic carbocycles. The summed E-state index contributed by atoms with van der Waals surface area (Å²) in [5.74, 6) is 0. The van der Waals surface area contributed by atoms with Crippen LogP contribution < -0.4 is 5.32 Å². The molecule has 0 aromatic rings. The fourth-order valence-electron chi connectivity index (χ4n) is 1.93. The van der Waals surface area contributed by atoms with E-state index in [2.05, 4.69) is 24.1 Å². The van der Waals surface area contributed by atoms with Gasteiger partial charge >= 0.3 is 0 Å². The molecule has 1 N–H and O–H groups in total. The molecular weight excluding hydrogens is 176 g/mol. The second-order valence-electron chi connectivity index (χ2n) is 3.91. The average molecular weight is 200 g/mol. The van der Waals surface area contributed by atoms with Crippen molar-refractivity contribution in [2.24, 2.45) is 0 Å². The Kier molecular flexibility index (Phi) is 6.15. The lowest BCUT2D eigenvalue weighted by molar-refractivity contribution is 0.0759. The number of rotatable bonds is 6. The van der Waals surface area contributed by atoms with Gasteiger partial charge in [0.05, 0.1) is 6.61 Å². The summed E-state index contributed by atoms with van der Waals surface area (Å²) in [5, 5.41) is 3.43. The van der Waals surface area contributed by atoms with E-state index in [9.17, 15) is 0 Å². The van der Waals surface area contributed by atoms with Crippen molar-refractivity contribution in [2.45, 2.75) is 32.7 Å². The molecule has 1 aliphatic rings. The number of hydrogen-bond acceptors (Lipinski definition) is 3. The molecule has 0 saturated carbocycles. The molecule has 1 rings (SSSR count). The Bertz CT molecular complexity index is 141. The Morgan fingerprint density at radius 3 is 2.93 bits per heavy atom. The molecule has 0 aromatic heterocycles. The summed E-state index contributed by atoms with van der Waals surface area (Å²) >= 11 is 0. The zero-order valence-corrected chi connectivity index (χ0v) is 9.59. The van der Waals surface area contributed by atoms with Crippen LogP contribution in [0.1, 0.15) is 26.7 Å². The van der Waals surface area contributed by atoms with Gasteiger partial charge in [-0.25, -0.2) is 0 Å². The van der Waals surface area contributed by atoms with Crippen LogP contribution in [-0.4, -0.2) is 50.3 Å². The number of nitrogens with zero attached hydrogens (tertiary/aromatic N) is 1. The first-order valence-corrected chi connectivity index (χ1v) is 5.91. The van der Waals surface area contributed by atoms with E-state index in [1.54, 1.807) is 0 Å². The highest BCUT2D eigenvalue weighted by Gasteiger charge is 2.19. The Morgan fingerprint density at radius 1 is 1.36 bits per heavy atom. The molecule has 0 bridgehead atoms. The predicted molar refractivity (Wildman–Crippen MR) is 59.6 cm³/mol. The molecule has 0 aliphatic carbocycles. The summed E-state index contributed by atoms with van der Waals surface area (Å²) in [4.78, 5) is 2.55. The number of ether oxygens (including phenoxy) is 1. The predicted octanol–water partition coefficient (Wildman–Crippen LogP) is 1.10. The van der Waals surface area contributed by atoms with Crippen LogP contribution in [0.5, 0.6) is 0 Å². The molecule has 0 amide bonds. The molecular formula is C11H24N2O. The van der Waals surface area contributed by atoms with Gasteiger partial charge in [0.15, 0.2) is 0 Å². The highest BCUT2D eigenvalue weighted by Crippen LogP contribution is 2.06. The molecule has 1 fully saturated rings. The minimum Gasteiger partial charge on any atom is -0.380 e. The van der Waals surface area contributed by atoms with Crippen molar-refractivity contribution >= 4 is 0 Å². The van der Waals surface area contributed by atoms with E-state index in [0.29, 0.717) is 6.04 Å². The Hall–Kier alpha value is -0.120. The standard InChI is InChI=1S/C11H24N2O/c1-3-8-14-9-7-13-6-5-12-10-11(13)4-2/h11-12H,3-10H2,1-2H3. The van der Waals surface area contributed by atoms with Crippen molar-refractivity contribution in [1.29, 1.82) is 0 Å². The van der Waals surface area contributed by atoms with Gasteiger partial charge in [0.25, 0.3) is 0 Å². The lowest BCUT2D eigenvalue weighted by Crippen LogP contribution is -2.51. The molecule has 1 atom stereocenters. The first-order chi connectivity index (χ1) is 6.88. The van der Waals surface area contributed by atoms with Crippen molar-refractivity contribution < 1.29 is 4.74 Å². The molecule has 14 heavy (non-hydrogen) atoms. The molecule has 84 valence electrons. The van der Waals surface area contributed by atoms with Crippen molar-refractivity contribution in [3.63, 3.8) is 0 Å². The summed E-state index contributed by atoms with van der Waals surface area (Å²) in [6.07, 6.45) is 2.36. The smallest absolute Gasteiger partial charge is 0.0593 e. The van der Waals surface area contributed by atoms with E-state index >= 15 is 0 Å². The fraction of sp³-hybridized carbons (Fsp3) is 1.00. The van der Waals surface area contributed by atoms with Crippen LogP contribution >= 0.6 is 0 Å². The maximum atomic E-state index is 5.52. The maximum Gasteiger partial charge on any atom is 0.0593 e. The van der Waals surface area contributed by atoms with E-state index in [0.717, 1.165) is 39.3 Å². The molecule has 1 saturated heterocycles. The van der Waals surface area contributed by atoms with Crippen LogP contribution in [0.4, 0.5) is 0 Å². The van der Waals surface area contributed by atoms with E-state index in [1.807, 2.05) is 0 Å². The zero-order valence-electron chi connectivity index (χ0n) is 9.59. The molecule has 3 heteroatoms. The van der Waals surface area contributed by atoms with Gasteiger partial charge in [0.1, 0.15) is 0 Å². The van der Waals surface area contributed by atoms with E-state index in [-0.39, 0.29) is 0 Å². The van der Waals surface area contributed by atoms with Gasteiger partial charge in [-0.15, -0.1) is 0 Å². The van der Waals surface area contributed by atoms with Crippen LogP contribution in [0.2, 0.25) is 0 Å². The minimum atomic E-state index is 0.717. The van der Waals surface area contributed by atoms with Crippen molar-refractivity contribution in [2.75, 3.05) is 39.4 Å². The molecule has 0 spiro atoms. The van der Waals surface area contributed by atoms with Crippen LogP contribution in [0, 0.1) is 0 Å². The normalized spacial score (nSPS) is 24.0. The second kappa shape index (κ2) is 7.21. The molecule has 1 heterocycles. The van der Waals surface area contributed by atoms with Gasteiger partial charge in [-0.05, 0) is 12.8 Å². The van der Waals surface area contributed by atoms with Gasteiger partial charge in [-0.3, -0.25) is 4.90 Å². The van der Waals surface area contributed by atoms with Gasteiger partial charge < -0.3 is 10.1 Å². The topological polar surface area (TPSA) is 24.5 Å². The minimum absolute atomic E-state index is 0.717. The third kappa shape index (κ3) is 3.95. The molecule has 0 radical (unpaired) electrons. The quantitative estimate of drug-likeness (QED) is 0.650. The summed E-state index contributed by atoms with van der Waals surface area (Å²) < 4.78 is 5.52. The number of hydrogen-bond donors (Lipinski definition) is 1. The third-order valence-corrected chi connectivity index (χ3v) is 2.81. The van der Waals surface area contributed by atoms with Gasteiger partial charge in [0.2, 0.25) is 0 Å². The van der Waals surface area contributed by atoms with E-state index < -0.39 is 0 Å². The zero-order chi connectivity index (χ0) is 10.2. The Labute approximate surface area is 87.8 Å². The van der Waals surface area contributed by atoms with Crippen LogP contribution in [0.15, 0.2) is 0 Å². The maximum absolute atomic E-state index is 5.52. The number of nitrogens with one attached hydrogen (secondary N) is 1. The third-order valence-electron chi connectivity index (χ3n) is 2.81. The largest absolute Gasteiger partial charge is 0.380 e. The summed E-state index contributed by atoms with van der Waals surface area (Å²) in [5.41, 5.74) is 0. The van der Waals surface area contributed by atoms with E-state index in [1.165, 1.54) is 13.0 Å². The van der Waals surface area contributed by atoms with Gasteiger partial charge in [0, 0.05) is 38.8 Å². The SMILES string of the molecule is CCCOCCN1CCNCC1CC. The van der Waals surface area contributed by atoms with Gasteiger partial charge in [-0.2, -0.15) is 0 Å². The average Bonchev–Trinajstić information content (AvgIpc) is 2.25. The molecule has 1 aliphatic heterocycles.